The molecule has 0 aromatic heterocycles. The van der Waals surface area contributed by atoms with Gasteiger partial charge in [0.25, 0.3) is 0 Å². The van der Waals surface area contributed by atoms with Gasteiger partial charge in [-0.05, 0) is 35.9 Å². The molecule has 0 spiro atoms. The minimum Gasteiger partial charge on any atom is -0.459 e. The Hall–Kier alpha value is -3.10. The minimum atomic E-state index is -0.648. The fraction of sp³-hybridized carbons (Fsp3) is 0.200. The van der Waals surface area contributed by atoms with Gasteiger partial charge in [0.2, 0.25) is 0 Å². The molecule has 0 saturated heterocycles. The zero-order chi connectivity index (χ0) is 18.1. The maximum atomic E-state index is 11.8. The second-order valence-corrected chi connectivity index (χ2v) is 5.28. The molecule has 0 aliphatic heterocycles. The van der Waals surface area contributed by atoms with E-state index in [1.807, 2.05) is 67.7 Å². The van der Waals surface area contributed by atoms with Crippen LogP contribution in [-0.4, -0.2) is 33.3 Å². The van der Waals surface area contributed by atoms with Crippen LogP contribution < -0.4 is 4.90 Å². The highest BCUT2D eigenvalue weighted by Crippen LogP contribution is 2.23. The molecule has 2 aromatic carbocycles. The number of anilines is 2. The summed E-state index contributed by atoms with van der Waals surface area (Å²) in [6.45, 7) is 0.417. The van der Waals surface area contributed by atoms with Crippen LogP contribution in [-0.2, 0) is 14.3 Å². The smallest absolute Gasteiger partial charge is 0.348 e. The molecule has 0 aliphatic carbocycles. The monoisotopic (exact) mass is 336 g/mol. The van der Waals surface area contributed by atoms with Crippen LogP contribution in [0.5, 0.6) is 0 Å². The second kappa shape index (κ2) is 9.26. The van der Waals surface area contributed by atoms with Gasteiger partial charge in [-0.3, -0.25) is 0 Å². The zero-order valence-electron chi connectivity index (χ0n) is 14.3. The molecular weight excluding hydrogens is 316 g/mol. The minimum absolute atomic E-state index is 0.0414. The van der Waals surface area contributed by atoms with Crippen molar-refractivity contribution in [2.45, 2.75) is 0 Å². The molecule has 0 atom stereocenters. The second-order valence-electron chi connectivity index (χ2n) is 5.28. The Morgan fingerprint density at radius 2 is 1.72 bits per heavy atom. The van der Waals surface area contributed by atoms with E-state index in [2.05, 4.69) is 4.90 Å². The van der Waals surface area contributed by atoms with E-state index in [-0.39, 0.29) is 12.2 Å². The van der Waals surface area contributed by atoms with E-state index in [1.165, 1.54) is 13.2 Å². The van der Waals surface area contributed by atoms with Crippen LogP contribution in [0.1, 0.15) is 5.56 Å². The Labute approximate surface area is 147 Å². The van der Waals surface area contributed by atoms with Crippen LogP contribution >= 0.6 is 0 Å². The van der Waals surface area contributed by atoms with E-state index >= 15 is 0 Å². The number of benzene rings is 2. The number of hydrogen-bond acceptors (Lipinski definition) is 5. The first kappa shape index (κ1) is 18.2. The Morgan fingerprint density at radius 3 is 2.32 bits per heavy atom. The Bertz CT molecular complexity index is 762. The van der Waals surface area contributed by atoms with Crippen molar-refractivity contribution in [2.75, 3.05) is 32.3 Å². The third-order valence-electron chi connectivity index (χ3n) is 3.60. The van der Waals surface area contributed by atoms with Crippen LogP contribution in [0, 0.1) is 11.3 Å². The number of nitriles is 1. The molecule has 0 unspecified atom stereocenters. The maximum absolute atomic E-state index is 11.8. The van der Waals surface area contributed by atoms with Gasteiger partial charge >= 0.3 is 5.97 Å². The Kier molecular flexibility index (Phi) is 6.76. The van der Waals surface area contributed by atoms with Crippen molar-refractivity contribution in [1.29, 1.82) is 5.26 Å². The highest BCUT2D eigenvalue weighted by Gasteiger charge is 2.10. The highest BCUT2D eigenvalue weighted by atomic mass is 16.6. The maximum Gasteiger partial charge on any atom is 0.348 e. The van der Waals surface area contributed by atoms with Crippen LogP contribution in [0.4, 0.5) is 11.4 Å². The topological polar surface area (TPSA) is 62.6 Å². The molecule has 2 aromatic rings. The van der Waals surface area contributed by atoms with Gasteiger partial charge in [-0.25, -0.2) is 4.79 Å². The normalized spacial score (nSPS) is 10.8. The van der Waals surface area contributed by atoms with Crippen molar-refractivity contribution < 1.29 is 14.3 Å². The molecule has 0 heterocycles. The van der Waals surface area contributed by atoms with Gasteiger partial charge < -0.3 is 14.4 Å². The van der Waals surface area contributed by atoms with Crippen molar-refractivity contribution in [2.24, 2.45) is 0 Å². The van der Waals surface area contributed by atoms with E-state index in [4.69, 9.17) is 14.7 Å². The molecule has 128 valence electrons. The summed E-state index contributed by atoms with van der Waals surface area (Å²) in [6.07, 6.45) is 1.52. The average molecular weight is 336 g/mol. The van der Waals surface area contributed by atoms with Gasteiger partial charge in [-0.2, -0.15) is 5.26 Å². The molecule has 0 amide bonds. The van der Waals surface area contributed by atoms with Crippen molar-refractivity contribution in [3.63, 3.8) is 0 Å². The summed E-state index contributed by atoms with van der Waals surface area (Å²) < 4.78 is 9.78. The summed E-state index contributed by atoms with van der Waals surface area (Å²) in [5.41, 5.74) is 2.79. The zero-order valence-corrected chi connectivity index (χ0v) is 14.3. The number of ether oxygens (including phenoxy) is 2. The van der Waals surface area contributed by atoms with Gasteiger partial charge in [-0.1, -0.05) is 30.3 Å². The first-order valence-corrected chi connectivity index (χ1v) is 7.82. The predicted octanol–water partition coefficient (Wildman–Crippen LogP) is 3.55. The summed E-state index contributed by atoms with van der Waals surface area (Å²) >= 11 is 0. The van der Waals surface area contributed by atoms with Crippen LogP contribution in [0.2, 0.25) is 0 Å². The first-order valence-electron chi connectivity index (χ1n) is 7.82. The van der Waals surface area contributed by atoms with Gasteiger partial charge in [0.1, 0.15) is 18.2 Å². The van der Waals surface area contributed by atoms with Gasteiger partial charge in [0.05, 0.1) is 6.61 Å². The molecule has 25 heavy (non-hydrogen) atoms. The summed E-state index contributed by atoms with van der Waals surface area (Å²) in [5, 5.41) is 9.15. The van der Waals surface area contributed by atoms with E-state index in [0.29, 0.717) is 6.61 Å². The molecule has 0 N–H and O–H groups in total. The van der Waals surface area contributed by atoms with Crippen LogP contribution in [0.25, 0.3) is 6.08 Å². The lowest BCUT2D eigenvalue weighted by atomic mass is 10.1. The number of carbonyl (C=O) groups excluding carboxylic acids is 1. The molecule has 0 bridgehead atoms. The molecule has 0 saturated carbocycles. The molecule has 0 fully saturated rings. The average Bonchev–Trinajstić information content (AvgIpc) is 2.66. The lowest BCUT2D eigenvalue weighted by Gasteiger charge is -2.19. The fourth-order valence-electron chi connectivity index (χ4n) is 2.19. The summed E-state index contributed by atoms with van der Waals surface area (Å²) in [5.74, 6) is -0.648. The SMILES string of the molecule is COCCOC(=O)/C(C#N)=C\c1ccc(N(C)c2ccccc2)cc1. The standard InChI is InChI=1S/C20H20N2O3/c1-22(18-6-4-3-5-7-18)19-10-8-16(9-11-19)14-17(15-21)20(23)25-13-12-24-2/h3-11,14H,12-13H2,1-2H3/b17-14-. The molecular formula is C20H20N2O3. The Balaban J connectivity index is 2.10. The van der Waals surface area contributed by atoms with Crippen molar-refractivity contribution in [1.82, 2.24) is 0 Å². The third-order valence-corrected chi connectivity index (χ3v) is 3.60. The summed E-state index contributed by atoms with van der Waals surface area (Å²) in [4.78, 5) is 13.9. The number of carbonyl (C=O) groups is 1. The molecule has 5 heteroatoms. The largest absolute Gasteiger partial charge is 0.459 e. The molecule has 0 aliphatic rings. The number of rotatable bonds is 7. The van der Waals surface area contributed by atoms with Gasteiger partial charge in [0, 0.05) is 25.5 Å². The Morgan fingerprint density at radius 1 is 1.08 bits per heavy atom. The molecule has 2 rings (SSSR count). The van der Waals surface area contributed by atoms with Crippen molar-refractivity contribution >= 4 is 23.4 Å². The quantitative estimate of drug-likeness (QED) is 0.335. The lowest BCUT2D eigenvalue weighted by Crippen LogP contribution is -2.11. The number of hydrogen-bond donors (Lipinski definition) is 0. The van der Waals surface area contributed by atoms with E-state index in [0.717, 1.165) is 16.9 Å². The highest BCUT2D eigenvalue weighted by molar-refractivity contribution is 5.97. The van der Waals surface area contributed by atoms with Crippen molar-refractivity contribution in [3.05, 3.63) is 65.7 Å². The van der Waals surface area contributed by atoms with Gasteiger partial charge in [0.15, 0.2) is 0 Å². The lowest BCUT2D eigenvalue weighted by molar-refractivity contribution is -0.139. The predicted molar refractivity (Wildman–Crippen MR) is 97.4 cm³/mol. The number of methoxy groups -OCH3 is 1. The summed E-state index contributed by atoms with van der Waals surface area (Å²) in [7, 11) is 3.50. The number of para-hydroxylation sites is 1. The van der Waals surface area contributed by atoms with E-state index < -0.39 is 5.97 Å². The molecule has 0 radical (unpaired) electrons. The number of esters is 1. The van der Waals surface area contributed by atoms with E-state index in [1.54, 1.807) is 0 Å². The first-order chi connectivity index (χ1) is 12.2. The fourth-order valence-corrected chi connectivity index (χ4v) is 2.19. The van der Waals surface area contributed by atoms with E-state index in [9.17, 15) is 4.79 Å². The third kappa shape index (κ3) is 5.20. The number of nitrogens with zero attached hydrogens (tertiary/aromatic N) is 2. The van der Waals surface area contributed by atoms with Crippen LogP contribution in [0.3, 0.4) is 0 Å². The van der Waals surface area contributed by atoms with Crippen LogP contribution in [0.15, 0.2) is 60.2 Å². The van der Waals surface area contributed by atoms with Gasteiger partial charge in [-0.15, -0.1) is 0 Å². The summed E-state index contributed by atoms with van der Waals surface area (Å²) in [6, 6.07) is 19.4. The van der Waals surface area contributed by atoms with Crippen molar-refractivity contribution in [3.8, 4) is 6.07 Å². The molecule has 5 nitrogen and oxygen atoms in total.